The van der Waals surface area contributed by atoms with Crippen molar-refractivity contribution in [3.05, 3.63) is 17.0 Å². The molecule has 9 heteroatoms. The molecule has 0 radical (unpaired) electrons. The van der Waals surface area contributed by atoms with Gasteiger partial charge in [-0.2, -0.15) is 0 Å². The van der Waals surface area contributed by atoms with E-state index in [1.165, 1.54) is 17.7 Å². The highest BCUT2D eigenvalue weighted by molar-refractivity contribution is 9.09. The summed E-state index contributed by atoms with van der Waals surface area (Å²) in [7, 11) is 0. The van der Waals surface area contributed by atoms with Gasteiger partial charge in [-0.3, -0.25) is 14.5 Å². The average Bonchev–Trinajstić information content (AvgIpc) is 3.58. The molecule has 2 amide bonds. The molecule has 3 fully saturated rings. The highest BCUT2D eigenvalue weighted by atomic mass is 79.9. The summed E-state index contributed by atoms with van der Waals surface area (Å²) < 4.78 is 7.55. The van der Waals surface area contributed by atoms with Gasteiger partial charge in [-0.25, -0.2) is 4.68 Å². The molecule has 1 saturated heterocycles. The highest BCUT2D eigenvalue weighted by Crippen LogP contribution is 2.46. The van der Waals surface area contributed by atoms with Gasteiger partial charge in [0.25, 0.3) is 5.91 Å². The number of halogens is 1. The average molecular weight is 465 g/mol. The van der Waals surface area contributed by atoms with Crippen LogP contribution < -0.4 is 4.74 Å². The lowest BCUT2D eigenvalue weighted by atomic mass is 10.0. The molecule has 2 aromatic rings. The number of imide groups is 1. The van der Waals surface area contributed by atoms with Crippen molar-refractivity contribution in [3.8, 4) is 17.0 Å². The first kappa shape index (κ1) is 18.3. The van der Waals surface area contributed by atoms with Crippen molar-refractivity contribution in [2.75, 3.05) is 11.9 Å². The maximum Gasteiger partial charge on any atom is 0.254 e. The third-order valence-corrected chi connectivity index (χ3v) is 7.61. The first-order chi connectivity index (χ1) is 13.6. The topological polar surface area (TPSA) is 77.3 Å². The number of thiophene rings is 1. The van der Waals surface area contributed by atoms with E-state index >= 15 is 0 Å². The molecule has 5 rings (SSSR count). The van der Waals surface area contributed by atoms with Gasteiger partial charge in [0.05, 0.1) is 23.9 Å². The predicted octanol–water partition coefficient (Wildman–Crippen LogP) is 3.41. The lowest BCUT2D eigenvalue weighted by molar-refractivity contribution is -0.154. The Bertz CT molecular complexity index is 918. The van der Waals surface area contributed by atoms with E-state index in [1.807, 2.05) is 10.8 Å². The van der Waals surface area contributed by atoms with E-state index in [9.17, 15) is 9.59 Å². The van der Waals surface area contributed by atoms with E-state index in [1.54, 1.807) is 22.2 Å². The minimum Gasteiger partial charge on any atom is -0.492 e. The Balaban J connectivity index is 1.37. The Labute approximate surface area is 175 Å². The van der Waals surface area contributed by atoms with Crippen molar-refractivity contribution in [2.45, 2.75) is 50.1 Å². The summed E-state index contributed by atoms with van der Waals surface area (Å²) in [4.78, 5) is 27.0. The Morgan fingerprint density at radius 2 is 2.07 bits per heavy atom. The fourth-order valence-corrected chi connectivity index (χ4v) is 5.27. The van der Waals surface area contributed by atoms with Crippen LogP contribution in [0.3, 0.4) is 0 Å². The van der Waals surface area contributed by atoms with Crippen LogP contribution in [0.2, 0.25) is 0 Å². The van der Waals surface area contributed by atoms with E-state index in [0.717, 1.165) is 30.8 Å². The van der Waals surface area contributed by atoms with E-state index in [4.69, 9.17) is 4.74 Å². The molecule has 28 heavy (non-hydrogen) atoms. The Hall–Kier alpha value is -1.74. The summed E-state index contributed by atoms with van der Waals surface area (Å²) in [6.07, 6.45) is 6.83. The van der Waals surface area contributed by atoms with Gasteiger partial charge in [-0.1, -0.05) is 21.1 Å². The summed E-state index contributed by atoms with van der Waals surface area (Å²) in [5.41, 5.74) is 1.27. The summed E-state index contributed by atoms with van der Waals surface area (Å²) >= 11 is 5.04. The predicted molar refractivity (Wildman–Crippen MR) is 107 cm³/mol. The number of amides is 2. The molecule has 0 bridgehead atoms. The normalized spacial score (nSPS) is 23.9. The molecular formula is C19H21BrN4O3S. The zero-order valence-corrected chi connectivity index (χ0v) is 17.7. The minimum atomic E-state index is -0.482. The van der Waals surface area contributed by atoms with Gasteiger partial charge in [0.15, 0.2) is 0 Å². The van der Waals surface area contributed by atoms with Crippen molar-refractivity contribution in [1.29, 1.82) is 0 Å². The Morgan fingerprint density at radius 1 is 1.25 bits per heavy atom. The van der Waals surface area contributed by atoms with Gasteiger partial charge < -0.3 is 4.74 Å². The summed E-state index contributed by atoms with van der Waals surface area (Å²) in [6.45, 7) is 0.741. The second-order valence-electron chi connectivity index (χ2n) is 7.97. The van der Waals surface area contributed by atoms with Gasteiger partial charge in [-0.15, -0.1) is 16.4 Å². The van der Waals surface area contributed by atoms with E-state index in [0.29, 0.717) is 29.8 Å². The van der Waals surface area contributed by atoms with E-state index in [-0.39, 0.29) is 17.4 Å². The summed E-state index contributed by atoms with van der Waals surface area (Å²) in [6, 6.07) is -0.482. The number of likely N-dealkylation sites (tertiary alicyclic amines) is 1. The Kier molecular flexibility index (Phi) is 4.54. The van der Waals surface area contributed by atoms with Crippen LogP contribution in [0.15, 0.2) is 17.0 Å². The smallest absolute Gasteiger partial charge is 0.254 e. The number of nitrogens with zero attached hydrogens (tertiary/aromatic N) is 4. The van der Waals surface area contributed by atoms with Crippen LogP contribution in [0.5, 0.6) is 5.75 Å². The van der Waals surface area contributed by atoms with Gasteiger partial charge in [0, 0.05) is 22.5 Å². The number of hydrogen-bond donors (Lipinski definition) is 0. The number of carbonyl (C=O) groups is 2. The standard InChI is InChI=1S/C19H21BrN4O3S/c20-11-19(5-6-19)24-17(25)4-3-15(18(24)26)23-7-14(21-22-23)13-9-28-10-16(13)27-8-12-1-2-12/h7,9-10,12,15H,1-6,8,11H2. The van der Waals surface area contributed by atoms with Crippen LogP contribution in [0.1, 0.15) is 44.6 Å². The second kappa shape index (κ2) is 6.95. The molecule has 1 aliphatic heterocycles. The largest absolute Gasteiger partial charge is 0.492 e. The zero-order chi connectivity index (χ0) is 19.3. The van der Waals surface area contributed by atoms with Gasteiger partial charge in [0.1, 0.15) is 17.5 Å². The molecule has 0 N–H and O–H groups in total. The van der Waals surface area contributed by atoms with Gasteiger partial charge >= 0.3 is 0 Å². The molecule has 3 aliphatic rings. The molecule has 7 nitrogen and oxygen atoms in total. The van der Waals surface area contributed by atoms with Crippen LogP contribution in [0.25, 0.3) is 11.3 Å². The molecule has 148 valence electrons. The van der Waals surface area contributed by atoms with Gasteiger partial charge in [-0.05, 0) is 38.0 Å². The molecule has 1 atom stereocenters. The molecule has 1 unspecified atom stereocenters. The highest BCUT2D eigenvalue weighted by Gasteiger charge is 2.55. The van der Waals surface area contributed by atoms with Crippen molar-refractivity contribution in [1.82, 2.24) is 19.9 Å². The lowest BCUT2D eigenvalue weighted by Crippen LogP contribution is -2.53. The fraction of sp³-hybridized carbons (Fsp3) is 0.579. The minimum absolute atomic E-state index is 0.0767. The fourth-order valence-electron chi connectivity index (χ4n) is 3.70. The molecule has 2 aliphatic carbocycles. The molecule has 0 aromatic carbocycles. The monoisotopic (exact) mass is 464 g/mol. The third-order valence-electron chi connectivity index (χ3n) is 5.84. The summed E-state index contributed by atoms with van der Waals surface area (Å²) in [5, 5.41) is 13.1. The first-order valence-corrected chi connectivity index (χ1v) is 11.7. The van der Waals surface area contributed by atoms with Crippen molar-refractivity contribution in [2.24, 2.45) is 5.92 Å². The van der Waals surface area contributed by atoms with Gasteiger partial charge in [0.2, 0.25) is 5.91 Å². The molecule has 2 saturated carbocycles. The van der Waals surface area contributed by atoms with Crippen LogP contribution in [-0.2, 0) is 9.59 Å². The number of ether oxygens (including phenoxy) is 1. The SMILES string of the molecule is O=C1CCC(n2cc(-c3cscc3OCC3CC3)nn2)C(=O)N1C1(CBr)CC1. The van der Waals surface area contributed by atoms with Crippen LogP contribution >= 0.6 is 27.3 Å². The maximum atomic E-state index is 13.1. The van der Waals surface area contributed by atoms with Crippen molar-refractivity contribution >= 4 is 39.1 Å². The molecule has 0 spiro atoms. The number of alkyl halides is 1. The second-order valence-corrected chi connectivity index (χ2v) is 9.27. The number of piperidine rings is 1. The molecular weight excluding hydrogens is 444 g/mol. The number of rotatable bonds is 7. The number of hydrogen-bond acceptors (Lipinski definition) is 6. The third kappa shape index (κ3) is 3.18. The number of carbonyl (C=O) groups excluding carboxylic acids is 2. The van der Waals surface area contributed by atoms with Crippen LogP contribution in [-0.4, -0.2) is 49.2 Å². The number of aromatic nitrogens is 3. The van der Waals surface area contributed by atoms with Crippen molar-refractivity contribution < 1.29 is 14.3 Å². The zero-order valence-electron chi connectivity index (χ0n) is 15.3. The molecule has 2 aromatic heterocycles. The quantitative estimate of drug-likeness (QED) is 0.463. The Morgan fingerprint density at radius 3 is 2.79 bits per heavy atom. The van der Waals surface area contributed by atoms with Crippen molar-refractivity contribution in [3.63, 3.8) is 0 Å². The first-order valence-electron chi connectivity index (χ1n) is 9.65. The van der Waals surface area contributed by atoms with E-state index < -0.39 is 6.04 Å². The van der Waals surface area contributed by atoms with E-state index in [2.05, 4.69) is 26.2 Å². The molecule has 3 heterocycles. The lowest BCUT2D eigenvalue weighted by Gasteiger charge is -2.35. The maximum absolute atomic E-state index is 13.1. The summed E-state index contributed by atoms with van der Waals surface area (Å²) in [5.74, 6) is 1.26. The van der Waals surface area contributed by atoms with Crippen LogP contribution in [0, 0.1) is 5.92 Å². The van der Waals surface area contributed by atoms with Crippen LogP contribution in [0.4, 0.5) is 0 Å².